The van der Waals surface area contributed by atoms with Crippen molar-refractivity contribution in [2.45, 2.75) is 83.5 Å². The Bertz CT molecular complexity index is 1130. The van der Waals surface area contributed by atoms with Crippen LogP contribution in [0.15, 0.2) is 65.7 Å². The quantitative estimate of drug-likeness (QED) is 0.374. The number of unbranched alkanes of at least 4 members (excludes halogenated alkanes) is 1. The lowest BCUT2D eigenvalue weighted by Crippen LogP contribution is -2.53. The van der Waals surface area contributed by atoms with E-state index in [-0.39, 0.29) is 0 Å². The second kappa shape index (κ2) is 13.7. The highest BCUT2D eigenvalue weighted by atomic mass is 15.5. The number of nitrogens with two attached hydrogens (primary N) is 1. The van der Waals surface area contributed by atoms with Crippen molar-refractivity contribution in [3.8, 4) is 0 Å². The number of hydrogen-bond donors (Lipinski definition) is 2. The maximum atomic E-state index is 9.32. The number of guanidine groups is 2. The molecule has 3 N–H and O–H groups in total. The highest BCUT2D eigenvalue weighted by molar-refractivity contribution is 5.80. The van der Waals surface area contributed by atoms with Crippen molar-refractivity contribution in [3.63, 3.8) is 0 Å². The fraction of sp³-hybridized carbons (Fsp3) is 0.588. The Kier molecular flexibility index (Phi) is 9.86. The first kappa shape index (κ1) is 29.4. The summed E-state index contributed by atoms with van der Waals surface area (Å²) in [5.74, 6) is 1.90. The maximum absolute atomic E-state index is 9.32. The number of rotatable bonds is 13. The molecule has 3 aliphatic heterocycles. The Morgan fingerprint density at radius 3 is 2.22 bits per heavy atom. The molecule has 0 unspecified atom stereocenters. The minimum atomic E-state index is 0.317. The third-order valence-corrected chi connectivity index (χ3v) is 9.47. The van der Waals surface area contributed by atoms with Crippen LogP contribution in [0.25, 0.3) is 0 Å². The van der Waals surface area contributed by atoms with Gasteiger partial charge in [-0.25, -0.2) is 0 Å². The van der Waals surface area contributed by atoms with Crippen LogP contribution in [0.3, 0.4) is 0 Å². The van der Waals surface area contributed by atoms with Crippen molar-refractivity contribution in [2.24, 2.45) is 16.6 Å². The van der Waals surface area contributed by atoms with E-state index < -0.39 is 0 Å². The lowest BCUT2D eigenvalue weighted by molar-refractivity contribution is 0.136. The van der Waals surface area contributed by atoms with E-state index in [0.29, 0.717) is 36.0 Å². The molecule has 0 saturated carbocycles. The van der Waals surface area contributed by atoms with Crippen LogP contribution in [0.2, 0.25) is 0 Å². The SMILES string of the molecule is CCCCN1C(=N)N([C@@H](CN2CCC[C@H]2CN2C(N)=NC[C@@H]2Cc2ccccc2)C(C)C)C[C@H]1Cc1ccccc1. The average molecular weight is 558 g/mol. The summed E-state index contributed by atoms with van der Waals surface area (Å²) in [4.78, 5) is 14.6. The summed E-state index contributed by atoms with van der Waals surface area (Å²) in [6, 6.07) is 23.0. The van der Waals surface area contributed by atoms with Gasteiger partial charge >= 0.3 is 0 Å². The molecule has 2 fully saturated rings. The first-order valence-electron chi connectivity index (χ1n) is 15.9. The van der Waals surface area contributed by atoms with Crippen molar-refractivity contribution < 1.29 is 0 Å². The minimum absolute atomic E-state index is 0.317. The zero-order chi connectivity index (χ0) is 28.8. The smallest absolute Gasteiger partial charge is 0.194 e. The molecule has 0 spiro atoms. The fourth-order valence-corrected chi connectivity index (χ4v) is 7.08. The standard InChI is InChI=1S/C34H51N7/c1-4-5-19-39-31(21-28-15-10-7-11-16-28)24-41(34(39)36)32(26(2)3)25-38-18-12-17-29(38)23-40-30(22-37-33(40)35)20-27-13-8-6-9-14-27/h6-11,13-16,26,29-32,36H,4-5,12,17-25H2,1-3H3,(H2,35,37)/t29-,30-,31+,32-/m0/s1. The molecule has 0 radical (unpaired) electrons. The number of hydrogen-bond acceptors (Lipinski definition) is 5. The molecule has 0 amide bonds. The first-order chi connectivity index (χ1) is 19.9. The van der Waals surface area contributed by atoms with Gasteiger partial charge in [-0.05, 0) is 55.7 Å². The summed E-state index contributed by atoms with van der Waals surface area (Å²) >= 11 is 0. The van der Waals surface area contributed by atoms with E-state index in [9.17, 15) is 5.41 Å². The van der Waals surface area contributed by atoms with Crippen molar-refractivity contribution in [2.75, 3.05) is 39.3 Å². The Labute approximate surface area is 247 Å². The predicted molar refractivity (Wildman–Crippen MR) is 170 cm³/mol. The molecule has 0 aromatic heterocycles. The second-order valence-electron chi connectivity index (χ2n) is 12.7. The van der Waals surface area contributed by atoms with Crippen molar-refractivity contribution in [3.05, 3.63) is 71.8 Å². The van der Waals surface area contributed by atoms with Crippen LogP contribution in [0.4, 0.5) is 0 Å². The Hall–Kier alpha value is -3.06. The van der Waals surface area contributed by atoms with E-state index in [1.54, 1.807) is 0 Å². The molecular formula is C34H51N7. The van der Waals surface area contributed by atoms with E-state index in [4.69, 9.17) is 5.73 Å². The minimum Gasteiger partial charge on any atom is -0.370 e. The average Bonchev–Trinajstić information content (AvgIpc) is 3.65. The van der Waals surface area contributed by atoms with Gasteiger partial charge < -0.3 is 20.4 Å². The Morgan fingerprint density at radius 1 is 0.927 bits per heavy atom. The molecule has 3 heterocycles. The van der Waals surface area contributed by atoms with Gasteiger partial charge in [-0.1, -0.05) is 87.9 Å². The van der Waals surface area contributed by atoms with E-state index in [2.05, 4.69) is 106 Å². The van der Waals surface area contributed by atoms with Gasteiger partial charge in [-0.2, -0.15) is 0 Å². The molecule has 0 aliphatic carbocycles. The molecule has 2 aromatic rings. The Morgan fingerprint density at radius 2 is 1.59 bits per heavy atom. The van der Waals surface area contributed by atoms with Gasteiger partial charge in [0.2, 0.25) is 0 Å². The molecule has 2 saturated heterocycles. The van der Waals surface area contributed by atoms with Crippen LogP contribution in [-0.2, 0) is 12.8 Å². The molecule has 41 heavy (non-hydrogen) atoms. The molecule has 2 aromatic carbocycles. The molecule has 3 aliphatic rings. The van der Waals surface area contributed by atoms with Gasteiger partial charge in [0.15, 0.2) is 11.9 Å². The summed E-state index contributed by atoms with van der Waals surface area (Å²) in [6.45, 7) is 12.7. The van der Waals surface area contributed by atoms with Gasteiger partial charge in [0.05, 0.1) is 18.6 Å². The van der Waals surface area contributed by atoms with E-state index >= 15 is 0 Å². The van der Waals surface area contributed by atoms with E-state index in [1.807, 2.05) is 0 Å². The summed E-state index contributed by atoms with van der Waals surface area (Å²) in [7, 11) is 0. The van der Waals surface area contributed by atoms with Crippen LogP contribution in [-0.4, -0.2) is 95.0 Å². The monoisotopic (exact) mass is 557 g/mol. The number of nitrogens with one attached hydrogen (secondary N) is 1. The van der Waals surface area contributed by atoms with Gasteiger partial charge in [0.25, 0.3) is 0 Å². The lowest BCUT2D eigenvalue weighted by atomic mass is 10.0. The van der Waals surface area contributed by atoms with Gasteiger partial charge in [-0.3, -0.25) is 15.3 Å². The van der Waals surface area contributed by atoms with Crippen LogP contribution in [0, 0.1) is 11.3 Å². The molecular weight excluding hydrogens is 506 g/mol. The number of nitrogens with zero attached hydrogens (tertiary/aromatic N) is 5. The van der Waals surface area contributed by atoms with Crippen LogP contribution >= 0.6 is 0 Å². The maximum Gasteiger partial charge on any atom is 0.194 e. The van der Waals surface area contributed by atoms with Crippen LogP contribution < -0.4 is 5.73 Å². The second-order valence-corrected chi connectivity index (χ2v) is 12.7. The van der Waals surface area contributed by atoms with Gasteiger partial charge in [0.1, 0.15) is 0 Å². The van der Waals surface area contributed by atoms with Gasteiger partial charge in [-0.15, -0.1) is 0 Å². The molecule has 7 nitrogen and oxygen atoms in total. The third-order valence-electron chi connectivity index (χ3n) is 9.47. The molecule has 0 bridgehead atoms. The summed E-state index contributed by atoms with van der Waals surface area (Å²) in [5.41, 5.74) is 9.18. The normalized spacial score (nSPS) is 24.1. The highest BCUT2D eigenvalue weighted by Crippen LogP contribution is 2.28. The van der Waals surface area contributed by atoms with Crippen molar-refractivity contribution >= 4 is 11.9 Å². The number of aliphatic imine (C=N–C) groups is 1. The summed E-state index contributed by atoms with van der Waals surface area (Å²) in [6.07, 6.45) is 6.68. The lowest BCUT2D eigenvalue weighted by Gasteiger charge is -2.39. The van der Waals surface area contributed by atoms with Crippen LogP contribution in [0.5, 0.6) is 0 Å². The van der Waals surface area contributed by atoms with E-state index in [1.165, 1.54) is 24.0 Å². The summed E-state index contributed by atoms with van der Waals surface area (Å²) in [5, 5.41) is 9.32. The molecule has 4 atom stereocenters. The number of likely N-dealkylation sites (tertiary alicyclic amines) is 1. The third kappa shape index (κ3) is 7.06. The van der Waals surface area contributed by atoms with Crippen molar-refractivity contribution in [1.82, 2.24) is 19.6 Å². The van der Waals surface area contributed by atoms with E-state index in [0.717, 1.165) is 70.9 Å². The van der Waals surface area contributed by atoms with Gasteiger partial charge in [0, 0.05) is 38.3 Å². The zero-order valence-electron chi connectivity index (χ0n) is 25.5. The Balaban J connectivity index is 1.27. The number of benzene rings is 2. The van der Waals surface area contributed by atoms with Crippen LogP contribution in [0.1, 0.15) is 57.6 Å². The van der Waals surface area contributed by atoms with Crippen molar-refractivity contribution in [1.29, 1.82) is 5.41 Å². The molecule has 7 heteroatoms. The fourth-order valence-electron chi connectivity index (χ4n) is 7.08. The molecule has 222 valence electrons. The first-order valence-corrected chi connectivity index (χ1v) is 15.9. The topological polar surface area (TPSA) is 75.2 Å². The summed E-state index contributed by atoms with van der Waals surface area (Å²) < 4.78 is 0. The highest BCUT2D eigenvalue weighted by Gasteiger charge is 2.41. The predicted octanol–water partition coefficient (Wildman–Crippen LogP) is 4.68. The molecule has 5 rings (SSSR count). The zero-order valence-corrected chi connectivity index (χ0v) is 25.5. The largest absolute Gasteiger partial charge is 0.370 e.